The van der Waals surface area contributed by atoms with E-state index >= 15 is 0 Å². The smallest absolute Gasteiger partial charge is 0.154 e. The summed E-state index contributed by atoms with van der Waals surface area (Å²) in [7, 11) is 0. The Morgan fingerprint density at radius 1 is 1.06 bits per heavy atom. The number of pyridine rings is 1. The van der Waals surface area contributed by atoms with Gasteiger partial charge in [-0.2, -0.15) is 0 Å². The van der Waals surface area contributed by atoms with E-state index in [-0.39, 0.29) is 18.5 Å². The molecule has 1 aliphatic rings. The Hall–Kier alpha value is -3.92. The van der Waals surface area contributed by atoms with Crippen LogP contribution in [0.5, 0.6) is 5.75 Å². The van der Waals surface area contributed by atoms with E-state index in [4.69, 9.17) is 10.5 Å². The molecule has 2 N–H and O–H groups in total. The van der Waals surface area contributed by atoms with E-state index < -0.39 is 23.8 Å². The van der Waals surface area contributed by atoms with Crippen LogP contribution in [-0.2, 0) is 0 Å². The van der Waals surface area contributed by atoms with Crippen molar-refractivity contribution in [1.29, 1.82) is 0 Å². The van der Waals surface area contributed by atoms with Crippen LogP contribution in [0.4, 0.5) is 19.0 Å². The highest BCUT2D eigenvalue weighted by atomic mass is 19.1. The molecule has 180 valence electrons. The average Bonchev–Trinajstić information content (AvgIpc) is 3.46. The first-order valence-corrected chi connectivity index (χ1v) is 11.2. The largest absolute Gasteiger partial charge is 0.491 e. The topological polar surface area (TPSA) is 81.6 Å². The van der Waals surface area contributed by atoms with Crippen LogP contribution in [0, 0.1) is 11.6 Å². The van der Waals surface area contributed by atoms with Gasteiger partial charge in [0.1, 0.15) is 36.0 Å². The van der Waals surface area contributed by atoms with Gasteiger partial charge in [-0.25, -0.2) is 22.7 Å². The zero-order chi connectivity index (χ0) is 24.4. The number of halogens is 3. The van der Waals surface area contributed by atoms with Gasteiger partial charge in [0.05, 0.1) is 36.4 Å². The first-order valence-electron chi connectivity index (χ1n) is 11.2. The van der Waals surface area contributed by atoms with E-state index in [0.717, 1.165) is 18.2 Å². The van der Waals surface area contributed by atoms with Gasteiger partial charge in [-0.15, -0.1) is 5.10 Å². The van der Waals surface area contributed by atoms with Crippen molar-refractivity contribution in [3.8, 4) is 5.75 Å². The molecule has 4 aromatic rings. The second kappa shape index (κ2) is 9.75. The number of nitrogens with zero attached hydrogens (tertiary/aromatic N) is 5. The molecule has 1 aliphatic heterocycles. The molecule has 0 radical (unpaired) electrons. The van der Waals surface area contributed by atoms with Crippen LogP contribution >= 0.6 is 0 Å². The molecular formula is C25H23F3N6O. The van der Waals surface area contributed by atoms with Crippen molar-refractivity contribution in [3.63, 3.8) is 0 Å². The van der Waals surface area contributed by atoms with E-state index in [9.17, 15) is 13.2 Å². The molecule has 2 atom stereocenters. The number of fused-ring (bicyclic) bond motifs is 1. The summed E-state index contributed by atoms with van der Waals surface area (Å²) >= 11 is 0. The Balaban J connectivity index is 1.42. The Morgan fingerprint density at radius 3 is 2.74 bits per heavy atom. The highest BCUT2D eigenvalue weighted by Gasteiger charge is 2.36. The maximum atomic E-state index is 14.5. The Bertz CT molecular complexity index is 1360. The third-order valence-corrected chi connectivity index (χ3v) is 5.81. The summed E-state index contributed by atoms with van der Waals surface area (Å²) in [5, 5.41) is 4.63. The molecule has 5 rings (SSSR count). The van der Waals surface area contributed by atoms with Gasteiger partial charge in [-0.05, 0) is 54.6 Å². The van der Waals surface area contributed by atoms with E-state index in [1.54, 1.807) is 40.0 Å². The van der Waals surface area contributed by atoms with E-state index in [0.29, 0.717) is 41.8 Å². The van der Waals surface area contributed by atoms with Crippen molar-refractivity contribution < 1.29 is 17.9 Å². The monoisotopic (exact) mass is 480 g/mol. The standard InChI is InChI=1S/C25H23F3N6O/c26-16-1-6-22(28)21(11-16)23-12-17(27)15-33(23)25-8-7-24-31-13-19(34(24)32-25)4-2-18-3-5-20(14-30-18)35-10-9-29/h1-8,11,13-14,17,23H,9-10,12,15,29H2/b4-2+/t17-,23+/m0/s1. The van der Waals surface area contributed by atoms with Crippen LogP contribution in [-0.4, -0.2) is 45.5 Å². The summed E-state index contributed by atoms with van der Waals surface area (Å²) < 4.78 is 49.8. The fraction of sp³-hybridized carbons (Fsp3) is 0.240. The minimum atomic E-state index is -1.19. The average molecular weight is 480 g/mol. The fourth-order valence-corrected chi connectivity index (χ4v) is 4.17. The Kier molecular flexibility index (Phi) is 6.37. The molecular weight excluding hydrogens is 457 g/mol. The van der Waals surface area contributed by atoms with Gasteiger partial charge >= 0.3 is 0 Å². The molecule has 0 unspecified atom stereocenters. The highest BCUT2D eigenvalue weighted by Crippen LogP contribution is 2.38. The summed E-state index contributed by atoms with van der Waals surface area (Å²) in [5.74, 6) is -0.0651. The van der Waals surface area contributed by atoms with Gasteiger partial charge in [0.25, 0.3) is 0 Å². The first kappa shape index (κ1) is 22.9. The van der Waals surface area contributed by atoms with Crippen LogP contribution in [0.15, 0.2) is 54.9 Å². The number of imidazole rings is 1. The number of rotatable bonds is 7. The van der Waals surface area contributed by atoms with Crippen molar-refractivity contribution in [2.45, 2.75) is 18.6 Å². The molecule has 1 aromatic carbocycles. The molecule has 0 amide bonds. The van der Waals surface area contributed by atoms with Crippen LogP contribution in [0.2, 0.25) is 0 Å². The van der Waals surface area contributed by atoms with Gasteiger partial charge in [-0.1, -0.05) is 0 Å². The minimum Gasteiger partial charge on any atom is -0.491 e. The fourth-order valence-electron chi connectivity index (χ4n) is 4.17. The molecule has 10 heteroatoms. The summed E-state index contributed by atoms with van der Waals surface area (Å²) in [6, 6.07) is 9.65. The van der Waals surface area contributed by atoms with E-state index in [1.165, 1.54) is 0 Å². The highest BCUT2D eigenvalue weighted by molar-refractivity contribution is 5.68. The lowest BCUT2D eigenvalue weighted by Gasteiger charge is -2.26. The summed E-state index contributed by atoms with van der Waals surface area (Å²) in [6.07, 6.45) is 5.76. The lowest BCUT2D eigenvalue weighted by atomic mass is 10.0. The van der Waals surface area contributed by atoms with Crippen molar-refractivity contribution in [1.82, 2.24) is 19.6 Å². The SMILES string of the molecule is NCCOc1ccc(/C=C/c2cnc3ccc(N4C[C@@H](F)C[C@@H]4c4cc(F)ccc4F)nn23)nc1. The third kappa shape index (κ3) is 4.83. The predicted molar refractivity (Wildman–Crippen MR) is 127 cm³/mol. The number of anilines is 1. The molecule has 0 saturated carbocycles. The number of hydrogen-bond acceptors (Lipinski definition) is 6. The maximum Gasteiger partial charge on any atom is 0.154 e. The number of ether oxygens (including phenoxy) is 1. The summed E-state index contributed by atoms with van der Waals surface area (Å²) in [6.45, 7) is 0.868. The Morgan fingerprint density at radius 2 is 1.94 bits per heavy atom. The van der Waals surface area contributed by atoms with Crippen molar-refractivity contribution in [3.05, 3.63) is 83.4 Å². The molecule has 35 heavy (non-hydrogen) atoms. The molecule has 7 nitrogen and oxygen atoms in total. The molecule has 0 bridgehead atoms. The van der Waals surface area contributed by atoms with Crippen molar-refractivity contribution in [2.24, 2.45) is 5.73 Å². The maximum absolute atomic E-state index is 14.5. The summed E-state index contributed by atoms with van der Waals surface area (Å²) in [4.78, 5) is 10.4. The number of alkyl halides is 1. The normalized spacial score (nSPS) is 18.1. The quantitative estimate of drug-likeness (QED) is 0.427. The van der Waals surface area contributed by atoms with Gasteiger partial charge < -0.3 is 15.4 Å². The predicted octanol–water partition coefficient (Wildman–Crippen LogP) is 4.20. The second-order valence-corrected chi connectivity index (χ2v) is 8.20. The van der Waals surface area contributed by atoms with Crippen LogP contribution in [0.25, 0.3) is 17.8 Å². The number of nitrogens with two attached hydrogens (primary N) is 1. The lowest BCUT2D eigenvalue weighted by Crippen LogP contribution is -2.26. The van der Waals surface area contributed by atoms with Crippen LogP contribution < -0.4 is 15.4 Å². The van der Waals surface area contributed by atoms with Crippen molar-refractivity contribution in [2.75, 3.05) is 24.6 Å². The van der Waals surface area contributed by atoms with Crippen LogP contribution in [0.1, 0.15) is 29.4 Å². The van der Waals surface area contributed by atoms with Crippen LogP contribution in [0.3, 0.4) is 0 Å². The van der Waals surface area contributed by atoms with Gasteiger partial charge in [0, 0.05) is 18.5 Å². The zero-order valence-electron chi connectivity index (χ0n) is 18.7. The van der Waals surface area contributed by atoms with Gasteiger partial charge in [0.15, 0.2) is 5.65 Å². The third-order valence-electron chi connectivity index (χ3n) is 5.81. The zero-order valence-corrected chi connectivity index (χ0v) is 18.7. The number of aromatic nitrogens is 4. The van der Waals surface area contributed by atoms with Gasteiger partial charge in [-0.3, -0.25) is 4.98 Å². The molecule has 3 aromatic heterocycles. The lowest BCUT2D eigenvalue weighted by molar-refractivity contribution is 0.327. The molecule has 0 aliphatic carbocycles. The number of hydrogen-bond donors (Lipinski definition) is 1. The molecule has 1 fully saturated rings. The second-order valence-electron chi connectivity index (χ2n) is 8.20. The van der Waals surface area contributed by atoms with E-state index in [2.05, 4.69) is 15.1 Å². The van der Waals surface area contributed by atoms with E-state index in [1.807, 2.05) is 18.2 Å². The molecule has 0 spiro atoms. The number of benzene rings is 1. The van der Waals surface area contributed by atoms with Crippen molar-refractivity contribution >= 4 is 23.6 Å². The van der Waals surface area contributed by atoms with Gasteiger partial charge in [0.2, 0.25) is 0 Å². The minimum absolute atomic E-state index is 0.0293. The summed E-state index contributed by atoms with van der Waals surface area (Å²) in [5.41, 5.74) is 7.53. The Labute approximate surface area is 199 Å². The first-order chi connectivity index (χ1) is 17.0. The molecule has 1 saturated heterocycles. The molecule has 4 heterocycles.